The zero-order valence-corrected chi connectivity index (χ0v) is 8.16. The van der Waals surface area contributed by atoms with Crippen molar-refractivity contribution in [2.24, 2.45) is 17.8 Å². The van der Waals surface area contributed by atoms with Crippen LogP contribution in [0.4, 0.5) is 0 Å². The highest BCUT2D eigenvalue weighted by Gasteiger charge is 2.35. The molecule has 0 spiro atoms. The topological polar surface area (TPSA) is 43.4 Å². The monoisotopic (exact) mass is 184 g/mol. The Morgan fingerprint density at radius 2 is 2.15 bits per heavy atom. The quantitative estimate of drug-likeness (QED) is 0.481. The summed E-state index contributed by atoms with van der Waals surface area (Å²) in [6.45, 7) is 2.02. The third-order valence-electron chi connectivity index (χ3n) is 2.96. The summed E-state index contributed by atoms with van der Waals surface area (Å²) in [6, 6.07) is 0. The van der Waals surface area contributed by atoms with E-state index in [0.29, 0.717) is 5.92 Å². The van der Waals surface area contributed by atoms with Gasteiger partial charge in [0.05, 0.1) is 13.0 Å². The average molecular weight is 184 g/mol. The van der Waals surface area contributed by atoms with Crippen LogP contribution in [0, 0.1) is 17.8 Å². The second kappa shape index (κ2) is 4.40. The largest absolute Gasteiger partial charge is 0.469 e. The number of esters is 1. The Kier molecular flexibility index (Phi) is 3.46. The van der Waals surface area contributed by atoms with Gasteiger partial charge in [0, 0.05) is 5.92 Å². The van der Waals surface area contributed by atoms with E-state index in [0.717, 1.165) is 25.5 Å². The molecule has 3 nitrogen and oxygen atoms in total. The first-order valence-electron chi connectivity index (χ1n) is 4.73. The van der Waals surface area contributed by atoms with Crippen molar-refractivity contribution in [3.05, 3.63) is 0 Å². The molecule has 0 heterocycles. The summed E-state index contributed by atoms with van der Waals surface area (Å²) in [6.07, 6.45) is 3.76. The van der Waals surface area contributed by atoms with Gasteiger partial charge in [0.15, 0.2) is 0 Å². The zero-order chi connectivity index (χ0) is 9.84. The number of carbonyl (C=O) groups excluding carboxylic acids is 2. The van der Waals surface area contributed by atoms with Gasteiger partial charge in [0.2, 0.25) is 0 Å². The molecule has 0 bridgehead atoms. The fraction of sp³-hybridized carbons (Fsp3) is 0.800. The normalized spacial score (nSPS) is 33.8. The molecule has 1 saturated carbocycles. The second-order valence-corrected chi connectivity index (χ2v) is 3.75. The zero-order valence-electron chi connectivity index (χ0n) is 8.16. The SMILES string of the molecule is COC(=O)C1CCCC(C)C1C=O. The van der Waals surface area contributed by atoms with Gasteiger partial charge in [0.25, 0.3) is 0 Å². The van der Waals surface area contributed by atoms with Crippen LogP contribution in [0.5, 0.6) is 0 Å². The first kappa shape index (κ1) is 10.2. The van der Waals surface area contributed by atoms with Gasteiger partial charge >= 0.3 is 5.97 Å². The summed E-state index contributed by atoms with van der Waals surface area (Å²) >= 11 is 0. The maximum absolute atomic E-state index is 11.3. The van der Waals surface area contributed by atoms with E-state index in [4.69, 9.17) is 0 Å². The lowest BCUT2D eigenvalue weighted by Gasteiger charge is -2.30. The molecule has 1 rings (SSSR count). The maximum Gasteiger partial charge on any atom is 0.309 e. The van der Waals surface area contributed by atoms with Crippen molar-refractivity contribution >= 4 is 12.3 Å². The van der Waals surface area contributed by atoms with Gasteiger partial charge in [-0.1, -0.05) is 13.3 Å². The third-order valence-corrected chi connectivity index (χ3v) is 2.96. The van der Waals surface area contributed by atoms with Gasteiger partial charge in [-0.25, -0.2) is 0 Å². The van der Waals surface area contributed by atoms with Gasteiger partial charge < -0.3 is 9.53 Å². The highest BCUT2D eigenvalue weighted by molar-refractivity contribution is 5.77. The molecule has 13 heavy (non-hydrogen) atoms. The van der Waals surface area contributed by atoms with Crippen molar-refractivity contribution in [2.75, 3.05) is 7.11 Å². The number of rotatable bonds is 2. The van der Waals surface area contributed by atoms with E-state index < -0.39 is 0 Å². The Hall–Kier alpha value is -0.860. The fourth-order valence-corrected chi connectivity index (χ4v) is 2.10. The lowest BCUT2D eigenvalue weighted by atomic mass is 9.73. The molecule has 0 aromatic heterocycles. The van der Waals surface area contributed by atoms with E-state index in [2.05, 4.69) is 4.74 Å². The molecule has 0 N–H and O–H groups in total. The number of hydrogen-bond donors (Lipinski definition) is 0. The highest BCUT2D eigenvalue weighted by atomic mass is 16.5. The van der Waals surface area contributed by atoms with Crippen molar-refractivity contribution in [3.63, 3.8) is 0 Å². The second-order valence-electron chi connectivity index (χ2n) is 3.75. The lowest BCUT2D eigenvalue weighted by Crippen LogP contribution is -2.34. The van der Waals surface area contributed by atoms with Gasteiger partial charge in [-0.2, -0.15) is 0 Å². The van der Waals surface area contributed by atoms with Crippen LogP contribution in [-0.4, -0.2) is 19.4 Å². The van der Waals surface area contributed by atoms with E-state index >= 15 is 0 Å². The van der Waals surface area contributed by atoms with E-state index in [1.54, 1.807) is 0 Å². The number of hydrogen-bond acceptors (Lipinski definition) is 3. The highest BCUT2D eigenvalue weighted by Crippen LogP contribution is 2.33. The third kappa shape index (κ3) is 2.08. The molecule has 0 saturated heterocycles. The summed E-state index contributed by atoms with van der Waals surface area (Å²) in [5.41, 5.74) is 0. The predicted molar refractivity (Wildman–Crippen MR) is 48.1 cm³/mol. The van der Waals surface area contributed by atoms with Gasteiger partial charge in [-0.05, 0) is 18.8 Å². The molecule has 0 aromatic rings. The Bertz CT molecular complexity index is 200. The molecular formula is C10H16O3. The minimum atomic E-state index is -0.233. The van der Waals surface area contributed by atoms with Crippen molar-refractivity contribution in [1.82, 2.24) is 0 Å². The van der Waals surface area contributed by atoms with Crippen LogP contribution in [-0.2, 0) is 14.3 Å². The predicted octanol–water partition coefficient (Wildman–Crippen LogP) is 1.41. The van der Waals surface area contributed by atoms with Crippen LogP contribution in [0.3, 0.4) is 0 Å². The van der Waals surface area contributed by atoms with Crippen molar-refractivity contribution in [2.45, 2.75) is 26.2 Å². The first-order valence-corrected chi connectivity index (χ1v) is 4.73. The Balaban J connectivity index is 2.69. The van der Waals surface area contributed by atoms with Crippen LogP contribution < -0.4 is 0 Å². The summed E-state index contributed by atoms with van der Waals surface area (Å²) in [4.78, 5) is 22.1. The minimum Gasteiger partial charge on any atom is -0.469 e. The standard InChI is InChI=1S/C10H16O3/c1-7-4-3-5-8(9(7)6-11)10(12)13-2/h6-9H,3-5H2,1-2H3. The molecular weight excluding hydrogens is 168 g/mol. The van der Waals surface area contributed by atoms with E-state index in [1.807, 2.05) is 6.92 Å². The van der Waals surface area contributed by atoms with Crippen LogP contribution in [0.2, 0.25) is 0 Å². The summed E-state index contributed by atoms with van der Waals surface area (Å²) < 4.78 is 4.67. The first-order chi connectivity index (χ1) is 6.20. The smallest absolute Gasteiger partial charge is 0.309 e. The molecule has 0 aromatic carbocycles. The Labute approximate surface area is 78.5 Å². The summed E-state index contributed by atoms with van der Waals surface area (Å²) in [5, 5.41) is 0. The number of carbonyl (C=O) groups is 2. The number of ether oxygens (including phenoxy) is 1. The van der Waals surface area contributed by atoms with Crippen LogP contribution in [0.1, 0.15) is 26.2 Å². The Morgan fingerprint density at radius 3 is 2.69 bits per heavy atom. The van der Waals surface area contributed by atoms with E-state index in [9.17, 15) is 9.59 Å². The van der Waals surface area contributed by atoms with Crippen LogP contribution in [0.25, 0.3) is 0 Å². The molecule has 3 atom stereocenters. The summed E-state index contributed by atoms with van der Waals surface area (Å²) in [5.74, 6) is -0.258. The number of aldehydes is 1. The van der Waals surface area contributed by atoms with Crippen molar-refractivity contribution < 1.29 is 14.3 Å². The maximum atomic E-state index is 11.3. The molecule has 1 fully saturated rings. The average Bonchev–Trinajstić information content (AvgIpc) is 2.16. The van der Waals surface area contributed by atoms with E-state index in [-0.39, 0.29) is 17.8 Å². The molecule has 1 aliphatic rings. The van der Waals surface area contributed by atoms with E-state index in [1.165, 1.54) is 7.11 Å². The molecule has 74 valence electrons. The van der Waals surface area contributed by atoms with Crippen molar-refractivity contribution in [3.8, 4) is 0 Å². The number of methoxy groups -OCH3 is 1. The molecule has 0 amide bonds. The summed E-state index contributed by atoms with van der Waals surface area (Å²) in [7, 11) is 1.38. The molecule has 0 aliphatic heterocycles. The molecule has 1 aliphatic carbocycles. The van der Waals surface area contributed by atoms with Crippen molar-refractivity contribution in [1.29, 1.82) is 0 Å². The Morgan fingerprint density at radius 1 is 1.46 bits per heavy atom. The molecule has 3 heteroatoms. The molecule has 3 unspecified atom stereocenters. The lowest BCUT2D eigenvalue weighted by molar-refractivity contribution is -0.151. The van der Waals surface area contributed by atoms with Crippen LogP contribution in [0.15, 0.2) is 0 Å². The minimum absolute atomic E-state index is 0.138. The van der Waals surface area contributed by atoms with Gasteiger partial charge in [0.1, 0.15) is 6.29 Å². The van der Waals surface area contributed by atoms with Crippen LogP contribution >= 0.6 is 0 Å². The molecule has 0 radical (unpaired) electrons. The van der Waals surface area contributed by atoms with Gasteiger partial charge in [-0.3, -0.25) is 4.79 Å². The fourth-order valence-electron chi connectivity index (χ4n) is 2.10. The van der Waals surface area contributed by atoms with Gasteiger partial charge in [-0.15, -0.1) is 0 Å².